The number of carbonyl (C=O) groups is 1. The summed E-state index contributed by atoms with van der Waals surface area (Å²) in [5.74, 6) is 0. The highest BCUT2D eigenvalue weighted by molar-refractivity contribution is 5.80. The zero-order valence-electron chi connectivity index (χ0n) is 14.3. The number of hydrogen-bond donors (Lipinski definition) is 2. The molecule has 2 aromatic rings. The molecule has 1 amide bonds. The number of para-hydroxylation sites is 1. The molecule has 2 rings (SSSR count). The van der Waals surface area contributed by atoms with E-state index in [4.69, 9.17) is 9.15 Å². The van der Waals surface area contributed by atoms with Crippen LogP contribution in [-0.4, -0.2) is 24.3 Å². The summed E-state index contributed by atoms with van der Waals surface area (Å²) in [6.45, 7) is 8.87. The van der Waals surface area contributed by atoms with Gasteiger partial charge in [-0.2, -0.15) is 0 Å². The van der Waals surface area contributed by atoms with E-state index in [9.17, 15) is 4.79 Å². The van der Waals surface area contributed by atoms with Gasteiger partial charge in [0.25, 0.3) is 0 Å². The Balaban J connectivity index is 1.84. The first-order chi connectivity index (χ1) is 10.9. The number of fused-ring (bicyclic) bond motifs is 1. The van der Waals surface area contributed by atoms with Crippen molar-refractivity contribution in [3.8, 4) is 0 Å². The molecule has 0 fully saturated rings. The summed E-state index contributed by atoms with van der Waals surface area (Å²) in [5, 5.41) is 7.38. The molecule has 2 N–H and O–H groups in total. The van der Waals surface area contributed by atoms with Gasteiger partial charge < -0.3 is 19.8 Å². The van der Waals surface area contributed by atoms with Gasteiger partial charge in [-0.25, -0.2) is 4.79 Å². The molecule has 5 heteroatoms. The first kappa shape index (κ1) is 17.3. The van der Waals surface area contributed by atoms with E-state index in [1.807, 2.05) is 39.0 Å². The van der Waals surface area contributed by atoms with Crippen LogP contribution in [0.4, 0.5) is 4.79 Å². The number of carbonyl (C=O) groups excluding carboxylic acids is 1. The second-order valence-corrected chi connectivity index (χ2v) is 6.63. The molecule has 0 aliphatic carbocycles. The molecule has 0 saturated carbocycles. The normalized spacial score (nSPS) is 13.0. The molecule has 1 aromatic heterocycles. The highest BCUT2D eigenvalue weighted by atomic mass is 16.6. The van der Waals surface area contributed by atoms with Gasteiger partial charge in [0.05, 0.1) is 6.26 Å². The van der Waals surface area contributed by atoms with E-state index in [1.54, 1.807) is 6.26 Å². The quantitative estimate of drug-likeness (QED) is 0.850. The predicted molar refractivity (Wildman–Crippen MR) is 91.4 cm³/mol. The van der Waals surface area contributed by atoms with Gasteiger partial charge in [-0.15, -0.1) is 0 Å². The van der Waals surface area contributed by atoms with Gasteiger partial charge in [0.15, 0.2) is 0 Å². The number of ether oxygens (including phenoxy) is 1. The standard InChI is InChI=1S/C18H26N2O3/c1-5-14(11-20-17(21)23-18(2,3)4)19-10-13-12-22-16-9-7-6-8-15(13)16/h6-9,12,14,19H,5,10-11H2,1-4H3,(H,20,21). The second kappa shape index (κ2) is 7.51. The van der Waals surface area contributed by atoms with Crippen molar-refractivity contribution < 1.29 is 13.9 Å². The summed E-state index contributed by atoms with van der Waals surface area (Å²) >= 11 is 0. The largest absolute Gasteiger partial charge is 0.464 e. The van der Waals surface area contributed by atoms with Gasteiger partial charge in [0.2, 0.25) is 0 Å². The summed E-state index contributed by atoms with van der Waals surface area (Å²) < 4.78 is 10.8. The van der Waals surface area contributed by atoms with Crippen LogP contribution in [0.2, 0.25) is 0 Å². The van der Waals surface area contributed by atoms with E-state index in [1.165, 1.54) is 0 Å². The summed E-state index contributed by atoms with van der Waals surface area (Å²) in [5.41, 5.74) is 1.54. The second-order valence-electron chi connectivity index (χ2n) is 6.63. The highest BCUT2D eigenvalue weighted by Crippen LogP contribution is 2.20. The molecular formula is C18H26N2O3. The minimum atomic E-state index is -0.477. The fourth-order valence-corrected chi connectivity index (χ4v) is 2.31. The lowest BCUT2D eigenvalue weighted by Crippen LogP contribution is -2.42. The first-order valence-electron chi connectivity index (χ1n) is 8.04. The minimum absolute atomic E-state index is 0.177. The molecule has 0 bridgehead atoms. The van der Waals surface area contributed by atoms with Crippen molar-refractivity contribution >= 4 is 17.1 Å². The molecule has 126 valence electrons. The molecule has 1 heterocycles. The van der Waals surface area contributed by atoms with Crippen LogP contribution in [-0.2, 0) is 11.3 Å². The van der Waals surface area contributed by atoms with Crippen LogP contribution in [0.5, 0.6) is 0 Å². The van der Waals surface area contributed by atoms with Gasteiger partial charge in [0, 0.05) is 30.1 Å². The molecule has 1 atom stereocenters. The molecule has 0 radical (unpaired) electrons. The Hall–Kier alpha value is -2.01. The smallest absolute Gasteiger partial charge is 0.407 e. The maximum absolute atomic E-state index is 11.7. The Morgan fingerprint density at radius 2 is 2.04 bits per heavy atom. The topological polar surface area (TPSA) is 63.5 Å². The van der Waals surface area contributed by atoms with Gasteiger partial charge in [-0.1, -0.05) is 25.1 Å². The third kappa shape index (κ3) is 5.28. The van der Waals surface area contributed by atoms with Gasteiger partial charge in [-0.05, 0) is 33.3 Å². The molecule has 0 saturated heterocycles. The van der Waals surface area contributed by atoms with Crippen LogP contribution in [0.1, 0.15) is 39.7 Å². The maximum atomic E-state index is 11.7. The molecule has 23 heavy (non-hydrogen) atoms. The van der Waals surface area contributed by atoms with Crippen molar-refractivity contribution in [1.29, 1.82) is 0 Å². The monoisotopic (exact) mass is 318 g/mol. The number of amides is 1. The SMILES string of the molecule is CCC(CNC(=O)OC(C)(C)C)NCc1coc2ccccc12. The lowest BCUT2D eigenvalue weighted by atomic mass is 10.1. The van der Waals surface area contributed by atoms with Crippen molar-refractivity contribution in [1.82, 2.24) is 10.6 Å². The Labute approximate surface area is 137 Å². The van der Waals surface area contributed by atoms with E-state index in [0.29, 0.717) is 13.1 Å². The molecule has 0 spiro atoms. The number of rotatable bonds is 6. The van der Waals surface area contributed by atoms with E-state index >= 15 is 0 Å². The molecule has 0 aliphatic heterocycles. The van der Waals surface area contributed by atoms with Crippen molar-refractivity contribution in [2.24, 2.45) is 0 Å². The Bertz CT molecular complexity index is 643. The van der Waals surface area contributed by atoms with E-state index in [0.717, 1.165) is 23.0 Å². The average molecular weight is 318 g/mol. The Kier molecular flexibility index (Phi) is 5.66. The number of nitrogens with one attached hydrogen (secondary N) is 2. The Morgan fingerprint density at radius 1 is 1.30 bits per heavy atom. The minimum Gasteiger partial charge on any atom is -0.464 e. The molecule has 0 aliphatic rings. The van der Waals surface area contributed by atoms with Crippen molar-refractivity contribution in [3.05, 3.63) is 36.1 Å². The number of alkyl carbamates (subject to hydrolysis) is 1. The van der Waals surface area contributed by atoms with Gasteiger partial charge in [0.1, 0.15) is 11.2 Å². The first-order valence-corrected chi connectivity index (χ1v) is 8.04. The number of furan rings is 1. The lowest BCUT2D eigenvalue weighted by Gasteiger charge is -2.22. The highest BCUT2D eigenvalue weighted by Gasteiger charge is 2.17. The summed E-state index contributed by atoms with van der Waals surface area (Å²) in [6.07, 6.45) is 2.31. The molecule has 5 nitrogen and oxygen atoms in total. The van der Waals surface area contributed by atoms with Crippen molar-refractivity contribution in [3.63, 3.8) is 0 Å². The average Bonchev–Trinajstić information content (AvgIpc) is 2.89. The third-order valence-electron chi connectivity index (χ3n) is 3.53. The van der Waals surface area contributed by atoms with E-state index in [2.05, 4.69) is 23.6 Å². The predicted octanol–water partition coefficient (Wildman–Crippen LogP) is 3.83. The number of benzene rings is 1. The zero-order valence-corrected chi connectivity index (χ0v) is 14.3. The molecular weight excluding hydrogens is 292 g/mol. The molecule has 1 unspecified atom stereocenters. The van der Waals surface area contributed by atoms with Crippen LogP contribution >= 0.6 is 0 Å². The van der Waals surface area contributed by atoms with Gasteiger partial charge >= 0.3 is 6.09 Å². The summed E-state index contributed by atoms with van der Waals surface area (Å²) in [7, 11) is 0. The fourth-order valence-electron chi connectivity index (χ4n) is 2.31. The molecule has 1 aromatic carbocycles. The van der Waals surface area contributed by atoms with Crippen LogP contribution in [0.15, 0.2) is 34.9 Å². The van der Waals surface area contributed by atoms with Crippen molar-refractivity contribution in [2.45, 2.75) is 52.3 Å². The zero-order chi connectivity index (χ0) is 16.9. The summed E-state index contributed by atoms with van der Waals surface area (Å²) in [4.78, 5) is 11.7. The van der Waals surface area contributed by atoms with E-state index in [-0.39, 0.29) is 12.1 Å². The van der Waals surface area contributed by atoms with Crippen LogP contribution < -0.4 is 10.6 Å². The lowest BCUT2D eigenvalue weighted by molar-refractivity contribution is 0.0522. The van der Waals surface area contributed by atoms with E-state index < -0.39 is 5.60 Å². The van der Waals surface area contributed by atoms with Crippen molar-refractivity contribution in [2.75, 3.05) is 6.54 Å². The number of hydrogen-bond acceptors (Lipinski definition) is 4. The maximum Gasteiger partial charge on any atom is 0.407 e. The van der Waals surface area contributed by atoms with Crippen LogP contribution in [0, 0.1) is 0 Å². The van der Waals surface area contributed by atoms with Crippen LogP contribution in [0.3, 0.4) is 0 Å². The van der Waals surface area contributed by atoms with Crippen LogP contribution in [0.25, 0.3) is 11.0 Å². The third-order valence-corrected chi connectivity index (χ3v) is 3.53. The Morgan fingerprint density at radius 3 is 2.74 bits per heavy atom. The van der Waals surface area contributed by atoms with Gasteiger partial charge in [-0.3, -0.25) is 0 Å². The summed E-state index contributed by atoms with van der Waals surface area (Å²) in [6, 6.07) is 8.15. The fraction of sp³-hybridized carbons (Fsp3) is 0.500.